The normalized spacial score (nSPS) is 10.9. The Kier molecular flexibility index (Phi) is 4.47. The molecule has 1 heterocycles. The van der Waals surface area contributed by atoms with E-state index >= 15 is 0 Å². The molecule has 1 aromatic rings. The van der Waals surface area contributed by atoms with Gasteiger partial charge in [-0.25, -0.2) is 4.79 Å². The van der Waals surface area contributed by atoms with Gasteiger partial charge in [-0.1, -0.05) is 0 Å². The highest BCUT2D eigenvalue weighted by Crippen LogP contribution is 2.17. The van der Waals surface area contributed by atoms with Crippen LogP contribution in [0.2, 0.25) is 0 Å². The van der Waals surface area contributed by atoms with E-state index in [0.29, 0.717) is 5.69 Å². The third-order valence-corrected chi connectivity index (χ3v) is 2.63. The molecule has 104 valence electrons. The fourth-order valence-corrected chi connectivity index (χ4v) is 1.53. The molecule has 2 N–H and O–H groups in total. The monoisotopic (exact) mass is 265 g/mol. The van der Waals surface area contributed by atoms with Crippen LogP contribution in [0, 0.1) is 6.92 Å². The number of rotatable bonds is 3. The van der Waals surface area contributed by atoms with Gasteiger partial charge in [-0.2, -0.15) is 0 Å². The van der Waals surface area contributed by atoms with E-state index in [0.717, 1.165) is 5.56 Å². The van der Waals surface area contributed by atoms with Gasteiger partial charge in [0.2, 0.25) is 0 Å². The average molecular weight is 265 g/mol. The molecule has 0 radical (unpaired) electrons. The highest BCUT2D eigenvalue weighted by molar-refractivity contribution is 5.92. The molecule has 0 aliphatic rings. The Labute approximate surface area is 112 Å². The molecule has 0 saturated heterocycles. The Hall–Kier alpha value is -2.11. The molecule has 0 bridgehead atoms. The van der Waals surface area contributed by atoms with Crippen molar-refractivity contribution < 1.29 is 14.7 Å². The summed E-state index contributed by atoms with van der Waals surface area (Å²) < 4.78 is 0. The van der Waals surface area contributed by atoms with Crippen molar-refractivity contribution in [1.29, 1.82) is 0 Å². The first-order valence-corrected chi connectivity index (χ1v) is 5.93. The molecule has 0 aromatic carbocycles. The molecule has 0 atom stereocenters. The SMILES string of the molecule is Cc1ccncc1NC(=O)N(CC(=O)O)C(C)(C)C. The zero-order valence-corrected chi connectivity index (χ0v) is 11.6. The van der Waals surface area contributed by atoms with Crippen molar-refractivity contribution in [2.24, 2.45) is 0 Å². The third kappa shape index (κ3) is 4.24. The van der Waals surface area contributed by atoms with Crippen LogP contribution in [0.5, 0.6) is 0 Å². The fraction of sp³-hybridized carbons (Fsp3) is 0.462. The van der Waals surface area contributed by atoms with E-state index in [1.807, 2.05) is 6.92 Å². The van der Waals surface area contributed by atoms with Crippen molar-refractivity contribution in [2.45, 2.75) is 33.2 Å². The summed E-state index contributed by atoms with van der Waals surface area (Å²) in [4.78, 5) is 28.2. The van der Waals surface area contributed by atoms with Crippen molar-refractivity contribution in [1.82, 2.24) is 9.88 Å². The lowest BCUT2D eigenvalue weighted by molar-refractivity contribution is -0.138. The van der Waals surface area contributed by atoms with Crippen molar-refractivity contribution in [3.05, 3.63) is 24.0 Å². The Morgan fingerprint density at radius 2 is 2.05 bits per heavy atom. The van der Waals surface area contributed by atoms with E-state index < -0.39 is 17.5 Å². The quantitative estimate of drug-likeness (QED) is 0.876. The summed E-state index contributed by atoms with van der Waals surface area (Å²) in [5.74, 6) is -1.05. The lowest BCUT2D eigenvalue weighted by Gasteiger charge is -2.34. The number of aryl methyl sites for hydroxylation is 1. The number of carboxylic acids is 1. The minimum Gasteiger partial charge on any atom is -0.480 e. The number of carbonyl (C=O) groups is 2. The number of aliphatic carboxylic acids is 1. The van der Waals surface area contributed by atoms with E-state index in [4.69, 9.17) is 5.11 Å². The van der Waals surface area contributed by atoms with Crippen molar-refractivity contribution in [3.8, 4) is 0 Å². The average Bonchev–Trinajstić information content (AvgIpc) is 2.27. The smallest absolute Gasteiger partial charge is 0.323 e. The number of carboxylic acid groups (broad SMARTS) is 1. The van der Waals surface area contributed by atoms with Crippen LogP contribution in [0.3, 0.4) is 0 Å². The van der Waals surface area contributed by atoms with Gasteiger partial charge in [0.1, 0.15) is 6.54 Å². The molecule has 6 heteroatoms. The molecule has 0 spiro atoms. The Morgan fingerprint density at radius 3 is 2.53 bits per heavy atom. The van der Waals surface area contributed by atoms with Crippen LogP contribution in [0.15, 0.2) is 18.5 Å². The molecule has 2 amide bonds. The number of nitrogens with zero attached hydrogens (tertiary/aromatic N) is 2. The third-order valence-electron chi connectivity index (χ3n) is 2.63. The second-order valence-corrected chi connectivity index (χ2v) is 5.27. The van der Waals surface area contributed by atoms with E-state index in [1.54, 1.807) is 33.0 Å². The standard InChI is InChI=1S/C13H19N3O3/c1-9-5-6-14-7-10(9)15-12(19)16(8-11(17)18)13(2,3)4/h5-7H,8H2,1-4H3,(H,15,19)(H,17,18). The number of hydrogen-bond donors (Lipinski definition) is 2. The topological polar surface area (TPSA) is 82.5 Å². The fourth-order valence-electron chi connectivity index (χ4n) is 1.53. The summed E-state index contributed by atoms with van der Waals surface area (Å²) in [5.41, 5.74) is 0.859. The Balaban J connectivity index is 2.89. The molecule has 6 nitrogen and oxygen atoms in total. The van der Waals surface area contributed by atoms with Crippen LogP contribution in [0.1, 0.15) is 26.3 Å². The first-order valence-electron chi connectivity index (χ1n) is 5.93. The summed E-state index contributed by atoms with van der Waals surface area (Å²) in [5, 5.41) is 11.6. The maximum absolute atomic E-state index is 12.2. The van der Waals surface area contributed by atoms with Crippen molar-refractivity contribution >= 4 is 17.7 Å². The number of carbonyl (C=O) groups excluding carboxylic acids is 1. The molecule has 0 aliphatic heterocycles. The molecule has 0 unspecified atom stereocenters. The predicted octanol–water partition coefficient (Wildman–Crippen LogP) is 2.11. The second kappa shape index (κ2) is 5.69. The van der Waals surface area contributed by atoms with Crippen LogP contribution in [0.4, 0.5) is 10.5 Å². The van der Waals surface area contributed by atoms with Gasteiger partial charge in [-0.15, -0.1) is 0 Å². The highest BCUT2D eigenvalue weighted by Gasteiger charge is 2.28. The number of nitrogens with one attached hydrogen (secondary N) is 1. The summed E-state index contributed by atoms with van der Waals surface area (Å²) in [7, 11) is 0. The number of anilines is 1. The molecule has 1 aromatic heterocycles. The number of aromatic nitrogens is 1. The summed E-state index contributed by atoms with van der Waals surface area (Å²) in [6.07, 6.45) is 3.17. The minimum absolute atomic E-state index is 0.353. The maximum Gasteiger partial charge on any atom is 0.323 e. The largest absolute Gasteiger partial charge is 0.480 e. The number of urea groups is 1. The van der Waals surface area contributed by atoms with Gasteiger partial charge in [-0.05, 0) is 39.3 Å². The lowest BCUT2D eigenvalue weighted by Crippen LogP contribution is -2.50. The molecular weight excluding hydrogens is 246 g/mol. The van der Waals surface area contributed by atoms with Crippen molar-refractivity contribution in [2.75, 3.05) is 11.9 Å². The second-order valence-electron chi connectivity index (χ2n) is 5.27. The van der Waals surface area contributed by atoms with Crippen molar-refractivity contribution in [3.63, 3.8) is 0 Å². The van der Waals surface area contributed by atoms with Gasteiger partial charge in [0.15, 0.2) is 0 Å². The first kappa shape index (κ1) is 14.9. The lowest BCUT2D eigenvalue weighted by atomic mass is 10.1. The highest BCUT2D eigenvalue weighted by atomic mass is 16.4. The molecule has 19 heavy (non-hydrogen) atoms. The van der Waals surface area contributed by atoms with Crippen LogP contribution in [-0.4, -0.2) is 39.1 Å². The Morgan fingerprint density at radius 1 is 1.42 bits per heavy atom. The number of pyridine rings is 1. The molecule has 0 aliphatic carbocycles. The van der Waals surface area contributed by atoms with Gasteiger partial charge in [-0.3, -0.25) is 9.78 Å². The predicted molar refractivity (Wildman–Crippen MR) is 72.1 cm³/mol. The maximum atomic E-state index is 12.2. The van der Waals surface area contributed by atoms with Gasteiger partial charge in [0.25, 0.3) is 0 Å². The Bertz CT molecular complexity index is 480. The zero-order chi connectivity index (χ0) is 14.6. The zero-order valence-electron chi connectivity index (χ0n) is 11.6. The summed E-state index contributed by atoms with van der Waals surface area (Å²) >= 11 is 0. The van der Waals surface area contributed by atoms with E-state index in [1.165, 1.54) is 11.1 Å². The number of hydrogen-bond acceptors (Lipinski definition) is 3. The van der Waals surface area contributed by atoms with Gasteiger partial charge in [0.05, 0.1) is 11.9 Å². The number of amides is 2. The van der Waals surface area contributed by atoms with E-state index in [9.17, 15) is 9.59 Å². The molecular formula is C13H19N3O3. The molecule has 0 fully saturated rings. The van der Waals surface area contributed by atoms with Crippen LogP contribution < -0.4 is 5.32 Å². The molecule has 0 saturated carbocycles. The summed E-state index contributed by atoms with van der Waals surface area (Å²) in [6.45, 7) is 6.84. The van der Waals surface area contributed by atoms with Crippen LogP contribution >= 0.6 is 0 Å². The molecule has 1 rings (SSSR count). The van der Waals surface area contributed by atoms with Crippen LogP contribution in [-0.2, 0) is 4.79 Å². The van der Waals surface area contributed by atoms with E-state index in [2.05, 4.69) is 10.3 Å². The minimum atomic E-state index is -1.05. The first-order chi connectivity index (χ1) is 8.71. The van der Waals surface area contributed by atoms with Gasteiger partial charge < -0.3 is 15.3 Å². The van der Waals surface area contributed by atoms with Gasteiger partial charge in [0, 0.05) is 11.7 Å². The summed E-state index contributed by atoms with van der Waals surface area (Å²) in [6, 6.07) is 1.32. The van der Waals surface area contributed by atoms with Gasteiger partial charge >= 0.3 is 12.0 Å². The van der Waals surface area contributed by atoms with E-state index in [-0.39, 0.29) is 6.54 Å². The van der Waals surface area contributed by atoms with Crippen LogP contribution in [0.25, 0.3) is 0 Å².